The third-order valence-corrected chi connectivity index (χ3v) is 4.31. The summed E-state index contributed by atoms with van der Waals surface area (Å²) in [7, 11) is 1.30. The molecule has 2 unspecified atom stereocenters. The second-order valence-electron chi connectivity index (χ2n) is 5.82. The van der Waals surface area contributed by atoms with Crippen molar-refractivity contribution in [2.24, 2.45) is 5.92 Å². The molecule has 0 bridgehead atoms. The highest BCUT2D eigenvalue weighted by atomic mass is 16.5. The van der Waals surface area contributed by atoms with E-state index in [9.17, 15) is 9.90 Å². The van der Waals surface area contributed by atoms with Gasteiger partial charge in [-0.2, -0.15) is 0 Å². The van der Waals surface area contributed by atoms with E-state index in [1.54, 1.807) is 0 Å². The molecule has 0 aromatic heterocycles. The van der Waals surface area contributed by atoms with Crippen LogP contribution < -0.4 is 4.74 Å². The third kappa shape index (κ3) is 3.54. The molecule has 3 rings (SSSR count). The molecule has 0 amide bonds. The molecule has 4 heteroatoms. The first kappa shape index (κ1) is 15.6. The molecule has 0 radical (unpaired) electrons. The van der Waals surface area contributed by atoms with Crippen LogP contribution >= 0.6 is 0 Å². The first-order valence-electron chi connectivity index (χ1n) is 7.78. The van der Waals surface area contributed by atoms with Crippen molar-refractivity contribution in [1.82, 2.24) is 0 Å². The number of ether oxygens (including phenoxy) is 2. The minimum atomic E-state index is -1.05. The number of carbonyl (C=O) groups is 1. The van der Waals surface area contributed by atoms with Crippen molar-refractivity contribution >= 4 is 5.97 Å². The van der Waals surface area contributed by atoms with E-state index in [0.717, 1.165) is 29.9 Å². The highest BCUT2D eigenvalue weighted by Gasteiger charge is 2.30. The molecule has 2 aromatic carbocycles. The highest BCUT2D eigenvalue weighted by molar-refractivity contribution is 5.74. The van der Waals surface area contributed by atoms with Gasteiger partial charge in [0.2, 0.25) is 0 Å². The Labute approximate surface area is 135 Å². The van der Waals surface area contributed by atoms with Gasteiger partial charge >= 0.3 is 5.97 Å². The van der Waals surface area contributed by atoms with Gasteiger partial charge in [-0.05, 0) is 60.6 Å². The van der Waals surface area contributed by atoms with E-state index in [1.807, 2.05) is 48.5 Å². The van der Waals surface area contributed by atoms with Crippen LogP contribution in [0.5, 0.6) is 11.5 Å². The van der Waals surface area contributed by atoms with Crippen LogP contribution in [-0.2, 0) is 22.4 Å². The molecule has 1 aliphatic rings. The summed E-state index contributed by atoms with van der Waals surface area (Å²) in [6, 6.07) is 15.7. The van der Waals surface area contributed by atoms with Gasteiger partial charge in [-0.3, -0.25) is 0 Å². The standard InChI is InChI=1S/C19H20O4/c1-22-19(21)18(20)15-8-7-14-12-17(10-9-13(14)11-15)23-16-5-3-2-4-6-16/h2-6,9-10,12,15,18,20H,7-8,11H2,1H3. The van der Waals surface area contributed by atoms with E-state index in [1.165, 1.54) is 12.7 Å². The molecule has 2 aromatic rings. The lowest BCUT2D eigenvalue weighted by Crippen LogP contribution is -2.34. The van der Waals surface area contributed by atoms with E-state index >= 15 is 0 Å². The number of para-hydroxylation sites is 1. The molecule has 4 nitrogen and oxygen atoms in total. The molecule has 0 spiro atoms. The van der Waals surface area contributed by atoms with Gasteiger partial charge in [0.25, 0.3) is 0 Å². The molecule has 0 heterocycles. The summed E-state index contributed by atoms with van der Waals surface area (Å²) in [6.07, 6.45) is 1.21. The predicted octanol–water partition coefficient (Wildman–Crippen LogP) is 3.12. The summed E-state index contributed by atoms with van der Waals surface area (Å²) in [6.45, 7) is 0. The van der Waals surface area contributed by atoms with Crippen LogP contribution in [0.1, 0.15) is 17.5 Å². The number of rotatable bonds is 4. The zero-order chi connectivity index (χ0) is 16.2. The van der Waals surface area contributed by atoms with Gasteiger partial charge in [-0.25, -0.2) is 4.79 Å². The quantitative estimate of drug-likeness (QED) is 0.881. The summed E-state index contributed by atoms with van der Waals surface area (Å²) in [5.41, 5.74) is 2.37. The Morgan fingerprint density at radius 1 is 1.13 bits per heavy atom. The van der Waals surface area contributed by atoms with Crippen LogP contribution in [0.3, 0.4) is 0 Å². The number of carbonyl (C=O) groups excluding carboxylic acids is 1. The minimum absolute atomic E-state index is 0.0872. The minimum Gasteiger partial charge on any atom is -0.467 e. The molecule has 1 aliphatic carbocycles. The van der Waals surface area contributed by atoms with Gasteiger partial charge in [0.05, 0.1) is 7.11 Å². The van der Waals surface area contributed by atoms with Crippen LogP contribution in [0.25, 0.3) is 0 Å². The Morgan fingerprint density at radius 2 is 1.91 bits per heavy atom. The molecule has 1 N–H and O–H groups in total. The van der Waals surface area contributed by atoms with Crippen LogP contribution in [-0.4, -0.2) is 24.3 Å². The van der Waals surface area contributed by atoms with E-state index in [2.05, 4.69) is 4.74 Å². The monoisotopic (exact) mass is 312 g/mol. The van der Waals surface area contributed by atoms with Gasteiger partial charge in [0, 0.05) is 0 Å². The van der Waals surface area contributed by atoms with Gasteiger partial charge in [-0.15, -0.1) is 0 Å². The summed E-state index contributed by atoms with van der Waals surface area (Å²) in [5, 5.41) is 10.0. The Hall–Kier alpha value is -2.33. The van der Waals surface area contributed by atoms with Crippen molar-refractivity contribution in [1.29, 1.82) is 0 Å². The number of methoxy groups -OCH3 is 1. The average Bonchev–Trinajstić information content (AvgIpc) is 2.61. The molecule has 0 saturated carbocycles. The molecule has 0 saturated heterocycles. The van der Waals surface area contributed by atoms with Gasteiger partial charge < -0.3 is 14.6 Å². The van der Waals surface area contributed by atoms with Crippen molar-refractivity contribution < 1.29 is 19.4 Å². The Bertz CT molecular complexity index is 681. The predicted molar refractivity (Wildman–Crippen MR) is 86.5 cm³/mol. The Kier molecular flexibility index (Phi) is 4.63. The zero-order valence-electron chi connectivity index (χ0n) is 13.1. The summed E-state index contributed by atoms with van der Waals surface area (Å²) < 4.78 is 10.5. The molecular weight excluding hydrogens is 292 g/mol. The lowest BCUT2D eigenvalue weighted by atomic mass is 9.81. The van der Waals surface area contributed by atoms with Crippen molar-refractivity contribution in [2.45, 2.75) is 25.4 Å². The van der Waals surface area contributed by atoms with Crippen molar-refractivity contribution in [3.05, 3.63) is 59.7 Å². The van der Waals surface area contributed by atoms with Crippen LogP contribution in [0.2, 0.25) is 0 Å². The SMILES string of the molecule is COC(=O)C(O)C1CCc2cc(Oc3ccccc3)ccc2C1. The van der Waals surface area contributed by atoms with Gasteiger partial charge in [0.15, 0.2) is 6.10 Å². The maximum Gasteiger partial charge on any atom is 0.334 e. The van der Waals surface area contributed by atoms with Gasteiger partial charge in [-0.1, -0.05) is 24.3 Å². The molecule has 120 valence electrons. The molecule has 23 heavy (non-hydrogen) atoms. The zero-order valence-corrected chi connectivity index (χ0v) is 13.1. The number of fused-ring (bicyclic) bond motifs is 1. The van der Waals surface area contributed by atoms with Crippen molar-refractivity contribution in [3.63, 3.8) is 0 Å². The summed E-state index contributed by atoms with van der Waals surface area (Å²) in [5.74, 6) is 0.975. The normalized spacial score (nSPS) is 17.9. The molecule has 0 fully saturated rings. The Morgan fingerprint density at radius 3 is 2.65 bits per heavy atom. The van der Waals surface area contributed by atoms with E-state index in [-0.39, 0.29) is 5.92 Å². The van der Waals surface area contributed by atoms with Crippen LogP contribution in [0, 0.1) is 5.92 Å². The molecule has 0 aliphatic heterocycles. The lowest BCUT2D eigenvalue weighted by Gasteiger charge is -2.27. The summed E-state index contributed by atoms with van der Waals surface area (Å²) in [4.78, 5) is 11.5. The fraction of sp³-hybridized carbons (Fsp3) is 0.316. The topological polar surface area (TPSA) is 55.8 Å². The number of aliphatic hydroxyl groups excluding tert-OH is 1. The maximum atomic E-state index is 11.5. The number of aryl methyl sites for hydroxylation is 1. The first-order valence-corrected chi connectivity index (χ1v) is 7.78. The molecular formula is C19H20O4. The number of hydrogen-bond acceptors (Lipinski definition) is 4. The first-order chi connectivity index (χ1) is 11.2. The van der Waals surface area contributed by atoms with Crippen molar-refractivity contribution in [2.75, 3.05) is 7.11 Å². The maximum absolute atomic E-state index is 11.5. The smallest absolute Gasteiger partial charge is 0.334 e. The second kappa shape index (κ2) is 6.84. The number of hydrogen-bond donors (Lipinski definition) is 1. The fourth-order valence-corrected chi connectivity index (χ4v) is 3.03. The van der Waals surface area contributed by atoms with E-state index in [0.29, 0.717) is 6.42 Å². The van der Waals surface area contributed by atoms with Crippen LogP contribution in [0.15, 0.2) is 48.5 Å². The van der Waals surface area contributed by atoms with E-state index < -0.39 is 12.1 Å². The highest BCUT2D eigenvalue weighted by Crippen LogP contribution is 2.32. The average molecular weight is 312 g/mol. The largest absolute Gasteiger partial charge is 0.467 e. The van der Waals surface area contributed by atoms with Crippen LogP contribution in [0.4, 0.5) is 0 Å². The summed E-state index contributed by atoms with van der Waals surface area (Å²) >= 11 is 0. The molecule has 2 atom stereocenters. The van der Waals surface area contributed by atoms with E-state index in [4.69, 9.17) is 4.74 Å². The number of esters is 1. The second-order valence-corrected chi connectivity index (χ2v) is 5.82. The Balaban J connectivity index is 1.72. The van der Waals surface area contributed by atoms with Crippen molar-refractivity contribution in [3.8, 4) is 11.5 Å². The number of benzene rings is 2. The number of aliphatic hydroxyl groups is 1. The fourth-order valence-electron chi connectivity index (χ4n) is 3.03. The lowest BCUT2D eigenvalue weighted by molar-refractivity contribution is -0.153. The third-order valence-electron chi connectivity index (χ3n) is 4.31. The van der Waals surface area contributed by atoms with Gasteiger partial charge in [0.1, 0.15) is 11.5 Å².